The van der Waals surface area contributed by atoms with Crippen LogP contribution in [0.4, 0.5) is 0 Å². The normalized spacial score (nSPS) is 29.8. The predicted octanol–water partition coefficient (Wildman–Crippen LogP) is 3.31. The molecule has 4 aliphatic rings. The lowest BCUT2D eigenvalue weighted by Gasteiger charge is -2.39. The topological polar surface area (TPSA) is 38.8 Å². The highest BCUT2D eigenvalue weighted by Gasteiger charge is 2.43. The van der Waals surface area contributed by atoms with Crippen LogP contribution in [0.3, 0.4) is 0 Å². The number of rotatable bonds is 5. The molecule has 0 aromatic carbocycles. The van der Waals surface area contributed by atoms with Crippen molar-refractivity contribution in [2.24, 2.45) is 11.3 Å². The summed E-state index contributed by atoms with van der Waals surface area (Å²) in [6.45, 7) is 4.33. The first-order valence-electron chi connectivity index (χ1n) is 9.92. The van der Waals surface area contributed by atoms with Crippen LogP contribution in [0.1, 0.15) is 57.8 Å². The van der Waals surface area contributed by atoms with Gasteiger partial charge in [-0.3, -0.25) is 4.79 Å². The average molecular weight is 333 g/mol. The summed E-state index contributed by atoms with van der Waals surface area (Å²) >= 11 is 0. The van der Waals surface area contributed by atoms with Crippen molar-refractivity contribution in [2.75, 3.05) is 32.9 Å². The maximum absolute atomic E-state index is 12.6. The zero-order chi connectivity index (χ0) is 16.4. The molecule has 4 heteroatoms. The van der Waals surface area contributed by atoms with Crippen LogP contribution in [0.15, 0.2) is 11.6 Å². The van der Waals surface area contributed by atoms with E-state index in [4.69, 9.17) is 9.47 Å². The summed E-state index contributed by atoms with van der Waals surface area (Å²) < 4.78 is 11.8. The van der Waals surface area contributed by atoms with Crippen LogP contribution >= 0.6 is 0 Å². The highest BCUT2D eigenvalue weighted by atomic mass is 16.5. The third-order valence-corrected chi connectivity index (χ3v) is 6.32. The Morgan fingerprint density at radius 3 is 2.79 bits per heavy atom. The molecule has 1 spiro atoms. The van der Waals surface area contributed by atoms with Gasteiger partial charge in [0.2, 0.25) is 5.91 Å². The molecule has 0 bridgehead atoms. The van der Waals surface area contributed by atoms with Crippen molar-refractivity contribution in [3.8, 4) is 0 Å². The number of piperidine rings is 1. The summed E-state index contributed by atoms with van der Waals surface area (Å²) in [7, 11) is 0. The van der Waals surface area contributed by atoms with Crippen molar-refractivity contribution in [3.63, 3.8) is 0 Å². The summed E-state index contributed by atoms with van der Waals surface area (Å²) in [4.78, 5) is 14.7. The lowest BCUT2D eigenvalue weighted by Crippen LogP contribution is -2.44. The smallest absolute Gasteiger partial charge is 0.249 e. The van der Waals surface area contributed by atoms with Gasteiger partial charge < -0.3 is 14.4 Å². The van der Waals surface area contributed by atoms with Gasteiger partial charge in [-0.05, 0) is 69.1 Å². The molecule has 0 aromatic heterocycles. The number of hydrogen-bond donors (Lipinski definition) is 0. The van der Waals surface area contributed by atoms with Crippen LogP contribution in [-0.4, -0.2) is 49.8 Å². The Morgan fingerprint density at radius 2 is 2.08 bits per heavy atom. The van der Waals surface area contributed by atoms with E-state index < -0.39 is 0 Å². The molecule has 1 amide bonds. The van der Waals surface area contributed by atoms with Crippen molar-refractivity contribution in [3.05, 3.63) is 11.6 Å². The van der Waals surface area contributed by atoms with E-state index in [9.17, 15) is 4.79 Å². The van der Waals surface area contributed by atoms with Gasteiger partial charge in [0.15, 0.2) is 0 Å². The molecule has 134 valence electrons. The monoisotopic (exact) mass is 333 g/mol. The molecule has 0 radical (unpaired) electrons. The second-order valence-corrected chi connectivity index (χ2v) is 8.39. The van der Waals surface area contributed by atoms with Gasteiger partial charge in [0.1, 0.15) is 0 Å². The summed E-state index contributed by atoms with van der Waals surface area (Å²) in [5.41, 5.74) is 1.36. The summed E-state index contributed by atoms with van der Waals surface area (Å²) in [6, 6.07) is 0. The van der Waals surface area contributed by atoms with Crippen molar-refractivity contribution < 1.29 is 14.3 Å². The van der Waals surface area contributed by atoms with Crippen LogP contribution in [0.2, 0.25) is 0 Å². The van der Waals surface area contributed by atoms with E-state index in [1.54, 1.807) is 0 Å². The van der Waals surface area contributed by atoms with Crippen LogP contribution in [0, 0.1) is 11.3 Å². The van der Waals surface area contributed by atoms with Crippen molar-refractivity contribution >= 4 is 5.91 Å². The standard InChI is InChI=1S/C20H31NO3/c22-19(17-4-2-1-3-5-17)21-10-8-20(9-11-21)12-18(24-15-20)14-23-13-16-6-7-16/h4,16,18H,1-3,5-15H2/t18-/m1/s1. The Kier molecular flexibility index (Phi) is 4.95. The number of allylic oxidation sites excluding steroid dienone is 1. The molecule has 2 saturated heterocycles. The number of amides is 1. The fourth-order valence-corrected chi connectivity index (χ4v) is 4.42. The lowest BCUT2D eigenvalue weighted by molar-refractivity contribution is -0.129. The maximum Gasteiger partial charge on any atom is 0.249 e. The Labute approximate surface area is 145 Å². The zero-order valence-corrected chi connectivity index (χ0v) is 14.8. The maximum atomic E-state index is 12.6. The minimum atomic E-state index is 0.270. The van der Waals surface area contributed by atoms with Gasteiger partial charge >= 0.3 is 0 Å². The molecule has 0 aromatic rings. The molecule has 1 atom stereocenters. The summed E-state index contributed by atoms with van der Waals surface area (Å²) in [6.07, 6.45) is 12.9. The number of likely N-dealkylation sites (tertiary alicyclic amines) is 1. The Bertz CT molecular complexity index is 489. The van der Waals surface area contributed by atoms with Crippen molar-refractivity contribution in [1.29, 1.82) is 0 Å². The molecule has 2 heterocycles. The quantitative estimate of drug-likeness (QED) is 0.775. The van der Waals surface area contributed by atoms with Gasteiger partial charge in [0, 0.05) is 25.3 Å². The van der Waals surface area contributed by atoms with E-state index in [0.717, 1.165) is 76.5 Å². The number of ether oxygens (including phenoxy) is 2. The first kappa shape index (κ1) is 16.6. The fourth-order valence-electron chi connectivity index (χ4n) is 4.42. The van der Waals surface area contributed by atoms with E-state index in [2.05, 4.69) is 11.0 Å². The Hall–Kier alpha value is -0.870. The lowest BCUT2D eigenvalue weighted by atomic mass is 9.76. The molecule has 0 N–H and O–H groups in total. The first-order chi connectivity index (χ1) is 11.7. The van der Waals surface area contributed by atoms with E-state index in [-0.39, 0.29) is 6.10 Å². The summed E-state index contributed by atoms with van der Waals surface area (Å²) in [5.74, 6) is 1.12. The third kappa shape index (κ3) is 3.85. The van der Waals surface area contributed by atoms with Gasteiger partial charge in [0.25, 0.3) is 0 Å². The number of nitrogens with zero attached hydrogens (tertiary/aromatic N) is 1. The molecule has 3 fully saturated rings. The minimum Gasteiger partial charge on any atom is -0.378 e. The molecule has 4 rings (SSSR count). The van der Waals surface area contributed by atoms with Gasteiger partial charge in [-0.1, -0.05) is 6.08 Å². The predicted molar refractivity (Wildman–Crippen MR) is 92.7 cm³/mol. The van der Waals surface area contributed by atoms with E-state index >= 15 is 0 Å². The highest BCUT2D eigenvalue weighted by molar-refractivity contribution is 5.93. The second-order valence-electron chi connectivity index (χ2n) is 8.39. The molecule has 1 saturated carbocycles. The first-order valence-corrected chi connectivity index (χ1v) is 9.92. The van der Waals surface area contributed by atoms with E-state index in [0.29, 0.717) is 11.3 Å². The Balaban J connectivity index is 1.23. The van der Waals surface area contributed by atoms with Gasteiger partial charge in [-0.2, -0.15) is 0 Å². The minimum absolute atomic E-state index is 0.270. The van der Waals surface area contributed by atoms with Gasteiger partial charge in [-0.15, -0.1) is 0 Å². The Morgan fingerprint density at radius 1 is 1.25 bits per heavy atom. The van der Waals surface area contributed by atoms with E-state index in [1.807, 2.05) is 0 Å². The molecule has 0 unspecified atom stereocenters. The number of carbonyl (C=O) groups excluding carboxylic acids is 1. The largest absolute Gasteiger partial charge is 0.378 e. The van der Waals surface area contributed by atoms with Crippen LogP contribution in [-0.2, 0) is 14.3 Å². The van der Waals surface area contributed by atoms with Gasteiger partial charge in [0.05, 0.1) is 19.3 Å². The molecule has 4 nitrogen and oxygen atoms in total. The third-order valence-electron chi connectivity index (χ3n) is 6.32. The SMILES string of the molecule is O=C(C1=CCCCC1)N1CCC2(CC1)CO[C@@H](COCC1CC1)C2. The molecular weight excluding hydrogens is 302 g/mol. The molecule has 2 aliphatic carbocycles. The van der Waals surface area contributed by atoms with Crippen LogP contribution in [0.25, 0.3) is 0 Å². The van der Waals surface area contributed by atoms with Crippen molar-refractivity contribution in [1.82, 2.24) is 4.90 Å². The molecular formula is C20H31NO3. The fraction of sp³-hybridized carbons (Fsp3) is 0.850. The molecule has 2 aliphatic heterocycles. The summed E-state index contributed by atoms with van der Waals surface area (Å²) in [5, 5.41) is 0. The van der Waals surface area contributed by atoms with Crippen LogP contribution < -0.4 is 0 Å². The van der Waals surface area contributed by atoms with Gasteiger partial charge in [-0.25, -0.2) is 0 Å². The zero-order valence-electron chi connectivity index (χ0n) is 14.8. The number of hydrogen-bond acceptors (Lipinski definition) is 3. The van der Waals surface area contributed by atoms with Crippen LogP contribution in [0.5, 0.6) is 0 Å². The highest BCUT2D eigenvalue weighted by Crippen LogP contribution is 2.42. The van der Waals surface area contributed by atoms with Crippen molar-refractivity contribution in [2.45, 2.75) is 63.9 Å². The number of carbonyl (C=O) groups is 1. The average Bonchev–Trinajstić information content (AvgIpc) is 3.37. The second kappa shape index (κ2) is 7.17. The van der Waals surface area contributed by atoms with E-state index in [1.165, 1.54) is 25.7 Å². The molecule has 24 heavy (non-hydrogen) atoms.